The number of rotatable bonds is 30. The molecule has 2 fully saturated rings. The molecule has 12 rings (SSSR count). The molecule has 0 aliphatic carbocycles. The fourth-order valence-electron chi connectivity index (χ4n) is 11.2. The summed E-state index contributed by atoms with van der Waals surface area (Å²) in [6.07, 6.45) is -9.21. The smallest absolute Gasteiger partial charge is 0.190 e. The van der Waals surface area contributed by atoms with Gasteiger partial charge in [0.15, 0.2) is 12.6 Å². The summed E-state index contributed by atoms with van der Waals surface area (Å²) in [5.41, 5.74) is 5.85. The van der Waals surface area contributed by atoms with Crippen LogP contribution >= 0.6 is 16.3 Å². The SMILES string of the molecule is c1ccc(COC[C@H]2O[C@H](O[C@H]3O[C@H](COCc4ccccc4)[C@@H](OP(c4ccccc4)c4ccccc4)[C@H](OCc4ccccc4)[C@H]3OCc3ccccc3)[C@H](OCc3ccccc3)[C@@H](OCc3ccccc3)[C@@H]2OP(c2ccccc2)c2ccccc2)cc1. The maximum absolute atomic E-state index is 7.71. The van der Waals surface area contributed by atoms with Gasteiger partial charge in [-0.1, -0.05) is 303 Å². The van der Waals surface area contributed by atoms with Crippen LogP contribution in [0.3, 0.4) is 0 Å². The Kier molecular flexibility index (Phi) is 23.7. The van der Waals surface area contributed by atoms with Crippen LogP contribution in [0, 0.1) is 0 Å². The number of benzene rings is 10. The molecule has 10 atom stereocenters. The van der Waals surface area contributed by atoms with E-state index in [0.717, 1.165) is 54.6 Å². The Bertz CT molecular complexity index is 3300. The van der Waals surface area contributed by atoms with Gasteiger partial charge in [-0.15, -0.1) is 0 Å². The third-order valence-electron chi connectivity index (χ3n) is 15.8. The highest BCUT2D eigenvalue weighted by atomic mass is 31.1. The molecule has 2 aliphatic heterocycles. The van der Waals surface area contributed by atoms with Crippen molar-refractivity contribution in [1.82, 2.24) is 0 Å². The van der Waals surface area contributed by atoms with E-state index in [1.54, 1.807) is 0 Å². The van der Waals surface area contributed by atoms with Crippen LogP contribution in [0.5, 0.6) is 0 Å². The van der Waals surface area contributed by atoms with Gasteiger partial charge < -0.3 is 51.7 Å². The first-order valence-electron chi connectivity index (χ1n) is 31.1. The molecule has 11 nitrogen and oxygen atoms in total. The molecular formula is C78H76O11P2. The Morgan fingerprint density at radius 1 is 0.242 bits per heavy atom. The van der Waals surface area contributed by atoms with Crippen LogP contribution in [0.25, 0.3) is 0 Å². The zero-order valence-corrected chi connectivity index (χ0v) is 52.5. The first-order valence-corrected chi connectivity index (χ1v) is 33.6. The molecule has 0 bridgehead atoms. The lowest BCUT2D eigenvalue weighted by molar-refractivity contribution is -0.387. The van der Waals surface area contributed by atoms with Crippen LogP contribution in [0.15, 0.2) is 303 Å². The molecular weight excluding hydrogens is 1170 g/mol. The Hall–Kier alpha value is -7.38. The van der Waals surface area contributed by atoms with E-state index >= 15 is 0 Å². The van der Waals surface area contributed by atoms with E-state index in [9.17, 15) is 0 Å². The van der Waals surface area contributed by atoms with Gasteiger partial charge in [0.2, 0.25) is 0 Å². The average molecular weight is 1250 g/mol. The maximum atomic E-state index is 7.71. The molecule has 10 aromatic carbocycles. The lowest BCUT2D eigenvalue weighted by atomic mass is 9.97. The largest absolute Gasteiger partial charge is 0.374 e. The number of ether oxygens (including phenoxy) is 9. The van der Waals surface area contributed by atoms with Crippen molar-refractivity contribution >= 4 is 37.5 Å². The van der Waals surface area contributed by atoms with Gasteiger partial charge in [0.05, 0.1) is 69.2 Å². The molecule has 0 spiro atoms. The summed E-state index contributed by atoms with van der Waals surface area (Å²) in [4.78, 5) is 0. The summed E-state index contributed by atoms with van der Waals surface area (Å²) in [6, 6.07) is 102. The lowest BCUT2D eigenvalue weighted by Crippen LogP contribution is -2.66. The van der Waals surface area contributed by atoms with Crippen LogP contribution in [0.4, 0.5) is 0 Å². The Labute approximate surface area is 537 Å². The number of hydrogen-bond donors (Lipinski definition) is 0. The minimum atomic E-state index is -1.49. The van der Waals surface area contributed by atoms with E-state index in [1.165, 1.54) is 0 Å². The summed E-state index contributed by atoms with van der Waals surface area (Å²) >= 11 is 0. The summed E-state index contributed by atoms with van der Waals surface area (Å²) in [5, 5.41) is 4.08. The van der Waals surface area contributed by atoms with Crippen LogP contribution < -0.4 is 21.2 Å². The van der Waals surface area contributed by atoms with Crippen molar-refractivity contribution in [3.63, 3.8) is 0 Å². The van der Waals surface area contributed by atoms with Crippen molar-refractivity contribution in [1.29, 1.82) is 0 Å². The van der Waals surface area contributed by atoms with E-state index in [1.807, 2.05) is 206 Å². The van der Waals surface area contributed by atoms with Crippen LogP contribution in [-0.4, -0.2) is 74.6 Å². The molecule has 13 heteroatoms. The summed E-state index contributed by atoms with van der Waals surface area (Å²) in [6.45, 7) is 1.64. The number of hydrogen-bond acceptors (Lipinski definition) is 11. The molecule has 464 valence electrons. The van der Waals surface area contributed by atoms with E-state index in [0.29, 0.717) is 13.2 Å². The van der Waals surface area contributed by atoms with Gasteiger partial charge in [-0.25, -0.2) is 0 Å². The van der Waals surface area contributed by atoms with Gasteiger partial charge in [0.1, 0.15) is 48.8 Å². The molecule has 0 saturated carbocycles. The second kappa shape index (κ2) is 33.8. The molecule has 2 heterocycles. The highest BCUT2D eigenvalue weighted by Crippen LogP contribution is 2.45. The molecule has 2 saturated heterocycles. The van der Waals surface area contributed by atoms with Gasteiger partial charge in [-0.2, -0.15) is 0 Å². The first kappa shape index (κ1) is 63.8. The van der Waals surface area contributed by atoms with Crippen molar-refractivity contribution in [2.45, 2.75) is 101 Å². The minimum absolute atomic E-state index is 0.0967. The highest BCUT2D eigenvalue weighted by Gasteiger charge is 2.55. The minimum Gasteiger partial charge on any atom is -0.374 e. The zero-order valence-electron chi connectivity index (χ0n) is 50.7. The maximum Gasteiger partial charge on any atom is 0.190 e. The van der Waals surface area contributed by atoms with Gasteiger partial charge in [-0.3, -0.25) is 0 Å². The third kappa shape index (κ3) is 18.0. The quantitative estimate of drug-likeness (QED) is 0.0402. The lowest BCUT2D eigenvalue weighted by Gasteiger charge is -2.50. The molecule has 0 unspecified atom stereocenters. The van der Waals surface area contributed by atoms with Crippen LogP contribution in [0.1, 0.15) is 33.4 Å². The summed E-state index contributed by atoms with van der Waals surface area (Å²) < 4.78 is 81.1. The zero-order chi connectivity index (χ0) is 61.5. The second-order valence-electron chi connectivity index (χ2n) is 22.3. The first-order chi connectivity index (χ1) is 45.1. The van der Waals surface area contributed by atoms with Crippen molar-refractivity contribution in [3.05, 3.63) is 337 Å². The van der Waals surface area contributed by atoms with E-state index in [2.05, 4.69) is 97.1 Å². The Morgan fingerprint density at radius 3 is 0.714 bits per heavy atom. The van der Waals surface area contributed by atoms with E-state index in [4.69, 9.17) is 51.7 Å². The Morgan fingerprint density at radius 2 is 0.462 bits per heavy atom. The topological polar surface area (TPSA) is 102 Å². The van der Waals surface area contributed by atoms with Crippen molar-refractivity contribution in [2.75, 3.05) is 13.2 Å². The highest BCUT2D eigenvalue weighted by molar-refractivity contribution is 7.68. The third-order valence-corrected chi connectivity index (χ3v) is 19.8. The van der Waals surface area contributed by atoms with Crippen LogP contribution in [0.2, 0.25) is 0 Å². The fourth-order valence-corrected chi connectivity index (χ4v) is 15.1. The van der Waals surface area contributed by atoms with Gasteiger partial charge in [-0.05, 0) is 33.4 Å². The Balaban J connectivity index is 0.986. The van der Waals surface area contributed by atoms with E-state index in [-0.39, 0.29) is 39.6 Å². The van der Waals surface area contributed by atoms with Gasteiger partial charge in [0, 0.05) is 21.2 Å². The van der Waals surface area contributed by atoms with E-state index < -0.39 is 77.7 Å². The molecule has 0 N–H and O–H groups in total. The molecule has 91 heavy (non-hydrogen) atoms. The predicted octanol–water partition coefficient (Wildman–Crippen LogP) is 14.1. The molecule has 0 amide bonds. The van der Waals surface area contributed by atoms with Crippen molar-refractivity contribution in [3.8, 4) is 0 Å². The molecule has 0 radical (unpaired) electrons. The fraction of sp³-hybridized carbons (Fsp3) is 0.231. The van der Waals surface area contributed by atoms with Gasteiger partial charge in [0.25, 0.3) is 0 Å². The van der Waals surface area contributed by atoms with Crippen molar-refractivity contribution in [2.24, 2.45) is 0 Å². The average Bonchev–Trinajstić information content (AvgIpc) is 1.05. The molecule has 2 aliphatic rings. The normalized spacial score (nSPS) is 21.6. The van der Waals surface area contributed by atoms with Gasteiger partial charge >= 0.3 is 0 Å². The standard InChI is InChI=1S/C78H76O11P2/c1-11-31-59(32-12-1)51-79-57-69-71(88-90(65-43-23-7-24-44-65)66-45-25-8-26-46-66)73(81-53-61-35-15-3-16-36-61)75(83-55-63-39-19-5-20-40-63)77(85-69)87-78-76(84-56-64-41-21-6-22-42-64)74(82-54-62-37-17-4-18-38-62)72(70(86-78)58-80-52-60-33-13-2-14-34-60)89-91(67-47-27-9-28-48-67)68-49-29-10-30-50-68/h1-50,69-78H,51-58H2/t69-,70-,71-,72-,73+,74+,75-,76-,77-,78-/m1/s1. The van der Waals surface area contributed by atoms with Crippen molar-refractivity contribution < 1.29 is 51.7 Å². The second-order valence-corrected chi connectivity index (χ2v) is 26.0. The summed E-state index contributed by atoms with van der Waals surface area (Å²) in [7, 11) is -2.98. The predicted molar refractivity (Wildman–Crippen MR) is 359 cm³/mol. The monoisotopic (exact) mass is 1250 g/mol. The summed E-state index contributed by atoms with van der Waals surface area (Å²) in [5.74, 6) is 0. The molecule has 0 aromatic heterocycles. The molecule has 10 aromatic rings. The van der Waals surface area contributed by atoms with Crippen LogP contribution in [-0.2, 0) is 91.3 Å².